The Morgan fingerprint density at radius 1 is 1.36 bits per heavy atom. The van der Waals surface area contributed by atoms with Gasteiger partial charge in [0.25, 0.3) is 0 Å². The van der Waals surface area contributed by atoms with E-state index in [1.165, 1.54) is 30.2 Å². The number of hydrogen-bond acceptors (Lipinski definition) is 3. The van der Waals surface area contributed by atoms with E-state index >= 15 is 0 Å². The summed E-state index contributed by atoms with van der Waals surface area (Å²) in [6.45, 7) is 3.97. The number of amides is 3. The number of carbonyl (C=O) groups is 3. The second kappa shape index (κ2) is 7.42. The van der Waals surface area contributed by atoms with E-state index in [0.29, 0.717) is 19.0 Å². The summed E-state index contributed by atoms with van der Waals surface area (Å²) >= 11 is 0. The molecule has 1 heterocycles. The minimum Gasteiger partial charge on any atom is -0.350 e. The van der Waals surface area contributed by atoms with E-state index in [4.69, 9.17) is 0 Å². The SMILES string of the molecule is C=CC(=O)N(C)CC(=O)NC1CC(=O)N(C2CCCCC2)C1. The smallest absolute Gasteiger partial charge is 0.246 e. The van der Waals surface area contributed by atoms with E-state index in [0.717, 1.165) is 12.8 Å². The lowest BCUT2D eigenvalue weighted by Gasteiger charge is -2.31. The van der Waals surface area contributed by atoms with Crippen molar-refractivity contribution in [3.63, 3.8) is 0 Å². The normalized spacial score (nSPS) is 22.5. The molecular formula is C16H25N3O3. The van der Waals surface area contributed by atoms with Crippen molar-refractivity contribution in [1.29, 1.82) is 0 Å². The quantitative estimate of drug-likeness (QED) is 0.759. The maximum atomic E-state index is 12.1. The number of carbonyl (C=O) groups excluding carboxylic acids is 3. The number of hydrogen-bond donors (Lipinski definition) is 1. The highest BCUT2D eigenvalue weighted by Gasteiger charge is 2.35. The fourth-order valence-corrected chi connectivity index (χ4v) is 3.30. The topological polar surface area (TPSA) is 69.7 Å². The van der Waals surface area contributed by atoms with Crippen molar-refractivity contribution >= 4 is 17.7 Å². The van der Waals surface area contributed by atoms with E-state index in [9.17, 15) is 14.4 Å². The molecule has 2 rings (SSSR count). The summed E-state index contributed by atoms with van der Waals surface area (Å²) in [5.74, 6) is -0.393. The molecule has 1 aliphatic carbocycles. The number of nitrogens with one attached hydrogen (secondary N) is 1. The lowest BCUT2D eigenvalue weighted by Crippen LogP contribution is -2.44. The van der Waals surface area contributed by atoms with E-state index in [-0.39, 0.29) is 30.3 Å². The van der Waals surface area contributed by atoms with Crippen molar-refractivity contribution in [1.82, 2.24) is 15.1 Å². The Kier molecular flexibility index (Phi) is 5.57. The largest absolute Gasteiger partial charge is 0.350 e. The number of nitrogens with zero attached hydrogens (tertiary/aromatic N) is 2. The van der Waals surface area contributed by atoms with Crippen LogP contribution < -0.4 is 5.32 Å². The minimum atomic E-state index is -0.290. The summed E-state index contributed by atoms with van der Waals surface area (Å²) in [7, 11) is 1.55. The highest BCUT2D eigenvalue weighted by molar-refractivity contribution is 5.91. The van der Waals surface area contributed by atoms with Gasteiger partial charge in [-0.15, -0.1) is 0 Å². The Labute approximate surface area is 131 Å². The van der Waals surface area contributed by atoms with Crippen LogP contribution in [0.2, 0.25) is 0 Å². The molecule has 0 bridgehead atoms. The van der Waals surface area contributed by atoms with Crippen LogP contribution in [0.15, 0.2) is 12.7 Å². The van der Waals surface area contributed by atoms with E-state index in [2.05, 4.69) is 11.9 Å². The van der Waals surface area contributed by atoms with Crippen LogP contribution in [0.3, 0.4) is 0 Å². The molecule has 0 aromatic heterocycles. The first-order valence-electron chi connectivity index (χ1n) is 7.97. The van der Waals surface area contributed by atoms with Crippen molar-refractivity contribution in [2.75, 3.05) is 20.1 Å². The second-order valence-corrected chi connectivity index (χ2v) is 6.20. The van der Waals surface area contributed by atoms with Gasteiger partial charge in [-0.3, -0.25) is 14.4 Å². The first-order valence-corrected chi connectivity index (χ1v) is 7.97. The lowest BCUT2D eigenvalue weighted by atomic mass is 9.94. The van der Waals surface area contributed by atoms with Gasteiger partial charge in [-0.25, -0.2) is 0 Å². The Hall–Kier alpha value is -1.85. The molecule has 1 saturated heterocycles. The van der Waals surface area contributed by atoms with Crippen LogP contribution in [0.1, 0.15) is 38.5 Å². The summed E-state index contributed by atoms with van der Waals surface area (Å²) in [6.07, 6.45) is 7.30. The molecule has 0 radical (unpaired) electrons. The molecular weight excluding hydrogens is 282 g/mol. The molecule has 3 amide bonds. The molecule has 0 aromatic rings. The number of rotatable bonds is 5. The average molecular weight is 307 g/mol. The van der Waals surface area contributed by atoms with Crippen LogP contribution >= 0.6 is 0 Å². The van der Waals surface area contributed by atoms with Gasteiger partial charge >= 0.3 is 0 Å². The van der Waals surface area contributed by atoms with Gasteiger partial charge in [-0.2, -0.15) is 0 Å². The average Bonchev–Trinajstić information content (AvgIpc) is 2.87. The van der Waals surface area contributed by atoms with Crippen LogP contribution in [0.5, 0.6) is 0 Å². The van der Waals surface area contributed by atoms with Gasteiger partial charge in [-0.1, -0.05) is 25.8 Å². The molecule has 0 aromatic carbocycles. The number of likely N-dealkylation sites (N-methyl/N-ethyl adjacent to an activating group) is 1. The molecule has 1 atom stereocenters. The first kappa shape index (κ1) is 16.5. The lowest BCUT2D eigenvalue weighted by molar-refractivity contribution is -0.131. The van der Waals surface area contributed by atoms with Crippen LogP contribution in [0, 0.1) is 0 Å². The second-order valence-electron chi connectivity index (χ2n) is 6.20. The Bertz CT molecular complexity index is 458. The molecule has 2 fully saturated rings. The van der Waals surface area contributed by atoms with E-state index < -0.39 is 0 Å². The van der Waals surface area contributed by atoms with Gasteiger partial charge in [0.05, 0.1) is 12.6 Å². The summed E-state index contributed by atoms with van der Waals surface area (Å²) in [5.41, 5.74) is 0. The molecule has 0 spiro atoms. The van der Waals surface area contributed by atoms with Crippen molar-refractivity contribution in [3.8, 4) is 0 Å². The van der Waals surface area contributed by atoms with Crippen LogP contribution in [-0.2, 0) is 14.4 Å². The standard InChI is InChI=1S/C16H25N3O3/c1-3-15(21)18(2)11-14(20)17-12-9-16(22)19(10-12)13-7-5-4-6-8-13/h3,12-13H,1,4-11H2,2H3,(H,17,20). The molecule has 1 N–H and O–H groups in total. The molecule has 1 aliphatic heterocycles. The maximum absolute atomic E-state index is 12.1. The predicted molar refractivity (Wildman–Crippen MR) is 83.0 cm³/mol. The van der Waals surface area contributed by atoms with Crippen molar-refractivity contribution in [2.24, 2.45) is 0 Å². The minimum absolute atomic E-state index is 0.0149. The van der Waals surface area contributed by atoms with Gasteiger partial charge in [0.2, 0.25) is 17.7 Å². The molecule has 2 aliphatic rings. The summed E-state index contributed by atoms with van der Waals surface area (Å²) in [6, 6.07) is 0.197. The molecule has 1 saturated carbocycles. The molecule has 6 heteroatoms. The van der Waals surface area contributed by atoms with Crippen LogP contribution in [0.4, 0.5) is 0 Å². The Balaban J connectivity index is 1.81. The van der Waals surface area contributed by atoms with E-state index in [1.807, 2.05) is 4.90 Å². The highest BCUT2D eigenvalue weighted by atomic mass is 16.2. The fourth-order valence-electron chi connectivity index (χ4n) is 3.30. The zero-order valence-electron chi connectivity index (χ0n) is 13.2. The fraction of sp³-hybridized carbons (Fsp3) is 0.688. The van der Waals surface area contributed by atoms with Crippen LogP contribution in [0.25, 0.3) is 0 Å². The summed E-state index contributed by atoms with van der Waals surface area (Å²) in [5, 5.41) is 2.86. The van der Waals surface area contributed by atoms with Gasteiger partial charge < -0.3 is 15.1 Å². The third-order valence-electron chi connectivity index (χ3n) is 4.47. The zero-order chi connectivity index (χ0) is 16.1. The van der Waals surface area contributed by atoms with Gasteiger partial charge in [-0.05, 0) is 18.9 Å². The maximum Gasteiger partial charge on any atom is 0.246 e. The highest BCUT2D eigenvalue weighted by Crippen LogP contribution is 2.26. The summed E-state index contributed by atoms with van der Waals surface area (Å²) in [4.78, 5) is 38.7. The van der Waals surface area contributed by atoms with Crippen molar-refractivity contribution < 1.29 is 14.4 Å². The Morgan fingerprint density at radius 2 is 2.05 bits per heavy atom. The Morgan fingerprint density at radius 3 is 2.68 bits per heavy atom. The summed E-state index contributed by atoms with van der Waals surface area (Å²) < 4.78 is 0. The monoisotopic (exact) mass is 307 g/mol. The third-order valence-corrected chi connectivity index (χ3v) is 4.47. The predicted octanol–water partition coefficient (Wildman–Crippen LogP) is 0.681. The van der Waals surface area contributed by atoms with E-state index in [1.54, 1.807) is 7.05 Å². The van der Waals surface area contributed by atoms with Gasteiger partial charge in [0.15, 0.2) is 0 Å². The molecule has 122 valence electrons. The van der Waals surface area contributed by atoms with Crippen molar-refractivity contribution in [2.45, 2.75) is 50.6 Å². The molecule has 6 nitrogen and oxygen atoms in total. The molecule has 1 unspecified atom stereocenters. The van der Waals surface area contributed by atoms with Gasteiger partial charge in [0, 0.05) is 26.1 Å². The third kappa shape index (κ3) is 4.08. The molecule has 22 heavy (non-hydrogen) atoms. The number of likely N-dealkylation sites (tertiary alicyclic amines) is 1. The van der Waals surface area contributed by atoms with Crippen LogP contribution in [-0.4, -0.2) is 59.7 Å². The van der Waals surface area contributed by atoms with Crippen molar-refractivity contribution in [3.05, 3.63) is 12.7 Å². The first-order chi connectivity index (χ1) is 10.5. The zero-order valence-corrected chi connectivity index (χ0v) is 13.2. The van der Waals surface area contributed by atoms with Gasteiger partial charge in [0.1, 0.15) is 0 Å².